The Balaban J connectivity index is 2.49. The van der Waals surface area contributed by atoms with Gasteiger partial charge in [-0.3, -0.25) is 0 Å². The smallest absolute Gasteiger partial charge is 0.0795 e. The number of rotatable bonds is 6. The van der Waals surface area contributed by atoms with E-state index in [4.69, 9.17) is 4.74 Å². The fraction of sp³-hybridized carbons (Fsp3) is 0.727. The molecule has 86 valence electrons. The highest BCUT2D eigenvalue weighted by Crippen LogP contribution is 2.23. The lowest BCUT2D eigenvalue weighted by Gasteiger charge is -2.25. The Kier molecular flexibility index (Phi) is 4.70. The van der Waals surface area contributed by atoms with Gasteiger partial charge in [0.15, 0.2) is 0 Å². The van der Waals surface area contributed by atoms with Crippen LogP contribution in [0.5, 0.6) is 0 Å². The predicted molar refractivity (Wildman–Crippen MR) is 64.2 cm³/mol. The fourth-order valence-corrected chi connectivity index (χ4v) is 2.04. The average Bonchev–Trinajstić information content (AvgIpc) is 2.72. The Labute approximate surface area is 95.9 Å². The van der Waals surface area contributed by atoms with Crippen molar-refractivity contribution in [2.24, 2.45) is 0 Å². The quantitative estimate of drug-likeness (QED) is 0.812. The molecular weight excluding hydrogens is 208 g/mol. The molecule has 0 bridgehead atoms. The SMILES string of the molecule is CNC(CCC(C)(C)OC)c1cscn1. The van der Waals surface area contributed by atoms with E-state index in [1.807, 2.05) is 12.6 Å². The van der Waals surface area contributed by atoms with E-state index in [9.17, 15) is 0 Å². The number of methoxy groups -OCH3 is 1. The number of nitrogens with zero attached hydrogens (tertiary/aromatic N) is 1. The molecule has 0 aliphatic carbocycles. The number of hydrogen-bond donors (Lipinski definition) is 1. The van der Waals surface area contributed by atoms with Crippen LogP contribution in [0.25, 0.3) is 0 Å². The summed E-state index contributed by atoms with van der Waals surface area (Å²) < 4.78 is 5.40. The van der Waals surface area contributed by atoms with Gasteiger partial charge in [-0.05, 0) is 33.7 Å². The molecule has 1 rings (SSSR count). The molecule has 15 heavy (non-hydrogen) atoms. The first kappa shape index (κ1) is 12.6. The van der Waals surface area contributed by atoms with Crippen molar-refractivity contribution in [3.8, 4) is 0 Å². The molecule has 0 aliphatic rings. The zero-order valence-electron chi connectivity index (χ0n) is 9.91. The molecular formula is C11H20N2OS. The van der Waals surface area contributed by atoms with Gasteiger partial charge in [0, 0.05) is 12.5 Å². The molecule has 0 saturated carbocycles. The third-order valence-corrected chi connectivity index (χ3v) is 3.35. The van der Waals surface area contributed by atoms with Crippen molar-refractivity contribution in [3.05, 3.63) is 16.6 Å². The lowest BCUT2D eigenvalue weighted by atomic mass is 9.98. The molecule has 0 spiro atoms. The summed E-state index contributed by atoms with van der Waals surface area (Å²) in [6.45, 7) is 4.22. The minimum Gasteiger partial charge on any atom is -0.379 e. The normalized spacial score (nSPS) is 14.1. The van der Waals surface area contributed by atoms with Crippen molar-refractivity contribution < 1.29 is 4.74 Å². The van der Waals surface area contributed by atoms with Gasteiger partial charge in [0.05, 0.1) is 22.8 Å². The summed E-state index contributed by atoms with van der Waals surface area (Å²) in [5.41, 5.74) is 2.96. The van der Waals surface area contributed by atoms with Crippen LogP contribution in [0.15, 0.2) is 10.9 Å². The molecule has 1 unspecified atom stereocenters. The summed E-state index contributed by atoms with van der Waals surface area (Å²) in [5, 5.41) is 5.39. The molecule has 1 N–H and O–H groups in total. The van der Waals surface area contributed by atoms with Gasteiger partial charge in [-0.2, -0.15) is 0 Å². The van der Waals surface area contributed by atoms with E-state index in [2.05, 4.69) is 29.5 Å². The monoisotopic (exact) mass is 228 g/mol. The molecule has 0 fully saturated rings. The summed E-state index contributed by atoms with van der Waals surface area (Å²) in [5.74, 6) is 0. The zero-order chi connectivity index (χ0) is 11.3. The van der Waals surface area contributed by atoms with Gasteiger partial charge in [-0.15, -0.1) is 11.3 Å². The van der Waals surface area contributed by atoms with Crippen LogP contribution in [0, 0.1) is 0 Å². The third-order valence-electron chi connectivity index (χ3n) is 2.74. The Bertz CT molecular complexity index is 272. The van der Waals surface area contributed by atoms with Crippen molar-refractivity contribution in [1.29, 1.82) is 0 Å². The first-order chi connectivity index (χ1) is 7.09. The second-order valence-electron chi connectivity index (χ2n) is 4.26. The van der Waals surface area contributed by atoms with E-state index >= 15 is 0 Å². The van der Waals surface area contributed by atoms with Gasteiger partial charge in [0.1, 0.15) is 0 Å². The first-order valence-corrected chi connectivity index (χ1v) is 6.14. The minimum absolute atomic E-state index is 0.0505. The van der Waals surface area contributed by atoms with E-state index in [-0.39, 0.29) is 5.60 Å². The maximum Gasteiger partial charge on any atom is 0.0795 e. The van der Waals surface area contributed by atoms with Crippen molar-refractivity contribution in [2.45, 2.75) is 38.3 Å². The van der Waals surface area contributed by atoms with Crippen molar-refractivity contribution in [2.75, 3.05) is 14.2 Å². The highest BCUT2D eigenvalue weighted by Gasteiger charge is 2.20. The second-order valence-corrected chi connectivity index (χ2v) is 4.98. The van der Waals surface area contributed by atoms with E-state index < -0.39 is 0 Å². The summed E-state index contributed by atoms with van der Waals surface area (Å²) >= 11 is 1.64. The number of aromatic nitrogens is 1. The van der Waals surface area contributed by atoms with Gasteiger partial charge in [0.25, 0.3) is 0 Å². The predicted octanol–water partition coefficient (Wildman–Crippen LogP) is 2.61. The molecule has 1 atom stereocenters. The average molecular weight is 228 g/mol. The molecule has 0 saturated heterocycles. The molecule has 0 amide bonds. The molecule has 1 aromatic rings. The lowest BCUT2D eigenvalue weighted by molar-refractivity contribution is 0.0117. The van der Waals surface area contributed by atoms with Crippen LogP contribution < -0.4 is 5.32 Å². The summed E-state index contributed by atoms with van der Waals surface area (Å²) in [6, 6.07) is 0.339. The van der Waals surface area contributed by atoms with E-state index in [1.165, 1.54) is 0 Å². The van der Waals surface area contributed by atoms with Crippen LogP contribution in [0.1, 0.15) is 38.4 Å². The molecule has 1 aromatic heterocycles. The van der Waals surface area contributed by atoms with Crippen molar-refractivity contribution in [3.63, 3.8) is 0 Å². The van der Waals surface area contributed by atoms with Crippen LogP contribution in [-0.4, -0.2) is 24.7 Å². The molecule has 0 radical (unpaired) electrons. The van der Waals surface area contributed by atoms with Gasteiger partial charge >= 0.3 is 0 Å². The number of thiazole rings is 1. The van der Waals surface area contributed by atoms with Gasteiger partial charge in [-0.25, -0.2) is 4.98 Å². The minimum atomic E-state index is -0.0505. The number of ether oxygens (including phenoxy) is 1. The number of hydrogen-bond acceptors (Lipinski definition) is 4. The molecule has 1 heterocycles. The van der Waals surface area contributed by atoms with Crippen LogP contribution in [-0.2, 0) is 4.74 Å². The highest BCUT2D eigenvalue weighted by atomic mass is 32.1. The summed E-state index contributed by atoms with van der Waals surface area (Å²) in [7, 11) is 3.74. The van der Waals surface area contributed by atoms with E-state index in [1.54, 1.807) is 18.4 Å². The Hall–Kier alpha value is -0.450. The van der Waals surface area contributed by atoms with Crippen LogP contribution >= 0.6 is 11.3 Å². The van der Waals surface area contributed by atoms with Gasteiger partial charge < -0.3 is 10.1 Å². The van der Waals surface area contributed by atoms with Crippen LogP contribution in [0.4, 0.5) is 0 Å². The third kappa shape index (κ3) is 3.89. The van der Waals surface area contributed by atoms with Crippen LogP contribution in [0.2, 0.25) is 0 Å². The van der Waals surface area contributed by atoms with Crippen molar-refractivity contribution >= 4 is 11.3 Å². The molecule has 3 nitrogen and oxygen atoms in total. The van der Waals surface area contributed by atoms with Gasteiger partial charge in [0.2, 0.25) is 0 Å². The Morgan fingerprint density at radius 2 is 2.33 bits per heavy atom. The van der Waals surface area contributed by atoms with Crippen LogP contribution in [0.3, 0.4) is 0 Å². The lowest BCUT2D eigenvalue weighted by Crippen LogP contribution is -2.26. The molecule has 0 aliphatic heterocycles. The maximum absolute atomic E-state index is 5.40. The summed E-state index contributed by atoms with van der Waals surface area (Å²) in [6.07, 6.45) is 2.06. The largest absolute Gasteiger partial charge is 0.379 e. The summed E-state index contributed by atoms with van der Waals surface area (Å²) in [4.78, 5) is 4.33. The molecule has 0 aromatic carbocycles. The standard InChI is InChI=1S/C11H20N2OS/c1-11(2,14-4)6-5-9(12-3)10-7-15-8-13-10/h7-9,12H,5-6H2,1-4H3. The van der Waals surface area contributed by atoms with E-state index in [0.717, 1.165) is 18.5 Å². The highest BCUT2D eigenvalue weighted by molar-refractivity contribution is 7.07. The Morgan fingerprint density at radius 3 is 2.80 bits per heavy atom. The fourth-order valence-electron chi connectivity index (χ4n) is 1.43. The number of nitrogens with one attached hydrogen (secondary N) is 1. The zero-order valence-corrected chi connectivity index (χ0v) is 10.7. The first-order valence-electron chi connectivity index (χ1n) is 5.19. The van der Waals surface area contributed by atoms with Crippen molar-refractivity contribution in [1.82, 2.24) is 10.3 Å². The van der Waals surface area contributed by atoms with E-state index in [0.29, 0.717) is 6.04 Å². The maximum atomic E-state index is 5.40. The molecule has 4 heteroatoms. The second kappa shape index (κ2) is 5.58. The Morgan fingerprint density at radius 1 is 1.60 bits per heavy atom. The van der Waals surface area contributed by atoms with Gasteiger partial charge in [-0.1, -0.05) is 0 Å². The topological polar surface area (TPSA) is 34.1 Å².